The Morgan fingerprint density at radius 3 is 2.44 bits per heavy atom. The van der Waals surface area contributed by atoms with Crippen LogP contribution >= 0.6 is 0 Å². The van der Waals surface area contributed by atoms with Crippen LogP contribution in [0.15, 0.2) is 46.0 Å². The fourth-order valence-corrected chi connectivity index (χ4v) is 3.48. The van der Waals surface area contributed by atoms with Gasteiger partial charge in [-0.15, -0.1) is 0 Å². The predicted octanol–water partition coefficient (Wildman–Crippen LogP) is 3.21. The number of nitrogens with one attached hydrogen (secondary N) is 2. The fourth-order valence-electron chi connectivity index (χ4n) is 3.48. The molecule has 0 aliphatic heterocycles. The lowest BCUT2D eigenvalue weighted by atomic mass is 10.1. The molecule has 182 valence electrons. The average Bonchev–Trinajstić information content (AvgIpc) is 2.81. The van der Waals surface area contributed by atoms with Crippen LogP contribution < -0.4 is 26.0 Å². The van der Waals surface area contributed by atoms with E-state index in [4.69, 9.17) is 9.47 Å². The second-order valence-corrected chi connectivity index (χ2v) is 7.57. The molecule has 11 heteroatoms. The lowest BCUT2D eigenvalue weighted by Gasteiger charge is -2.11. The predicted molar refractivity (Wildman–Crippen MR) is 119 cm³/mol. The van der Waals surface area contributed by atoms with Gasteiger partial charge in [-0.05, 0) is 36.6 Å². The molecule has 2 aromatic carbocycles. The van der Waals surface area contributed by atoms with Gasteiger partial charge in [-0.3, -0.25) is 14.2 Å². The molecule has 0 fully saturated rings. The highest BCUT2D eigenvalue weighted by Gasteiger charge is 2.30. The molecule has 34 heavy (non-hydrogen) atoms. The molecule has 0 spiro atoms. The van der Waals surface area contributed by atoms with Gasteiger partial charge in [0.15, 0.2) is 11.5 Å². The number of benzene rings is 2. The number of nitrogens with zero attached hydrogens (tertiary/aromatic N) is 1. The number of aromatic amines is 1. The molecular weight excluding hydrogens is 455 g/mol. The van der Waals surface area contributed by atoms with Crippen molar-refractivity contribution in [2.45, 2.75) is 38.5 Å². The number of unbranched alkanes of at least 4 members (excludes halogenated alkanes) is 1. The second-order valence-electron chi connectivity index (χ2n) is 7.57. The topological polar surface area (TPSA) is 102 Å². The van der Waals surface area contributed by atoms with Crippen molar-refractivity contribution in [3.05, 3.63) is 68.4 Å². The number of hydrogen-bond acceptors (Lipinski definition) is 5. The zero-order chi connectivity index (χ0) is 24.9. The molecule has 0 aliphatic carbocycles. The maximum Gasteiger partial charge on any atom is 0.416 e. The molecule has 0 aliphatic rings. The van der Waals surface area contributed by atoms with Crippen LogP contribution in [0, 0.1) is 0 Å². The first-order valence-electron chi connectivity index (χ1n) is 10.5. The molecular formula is C23H24F3N3O5. The molecule has 0 unspecified atom stereocenters. The highest BCUT2D eigenvalue weighted by molar-refractivity contribution is 5.81. The summed E-state index contributed by atoms with van der Waals surface area (Å²) in [5.74, 6) is 0.385. The number of H-pyrrole nitrogens is 1. The van der Waals surface area contributed by atoms with Crippen LogP contribution in [0.1, 0.15) is 30.4 Å². The molecule has 1 aromatic heterocycles. The molecule has 0 bridgehead atoms. The van der Waals surface area contributed by atoms with E-state index in [0.29, 0.717) is 35.4 Å². The number of ether oxygens (including phenoxy) is 2. The first kappa shape index (κ1) is 24.9. The Bertz CT molecular complexity index is 1300. The van der Waals surface area contributed by atoms with Gasteiger partial charge in [0.05, 0.1) is 30.7 Å². The quantitative estimate of drug-likeness (QED) is 0.459. The van der Waals surface area contributed by atoms with Gasteiger partial charge in [-0.1, -0.05) is 12.1 Å². The van der Waals surface area contributed by atoms with E-state index in [1.165, 1.54) is 38.5 Å². The molecule has 2 N–H and O–H groups in total. The summed E-state index contributed by atoms with van der Waals surface area (Å²) in [6, 6.07) is 7.74. The summed E-state index contributed by atoms with van der Waals surface area (Å²) in [6.07, 6.45) is -3.59. The Kier molecular flexibility index (Phi) is 7.64. The Morgan fingerprint density at radius 1 is 1.06 bits per heavy atom. The molecule has 0 saturated carbocycles. The molecule has 0 radical (unpaired) electrons. The number of hydrogen-bond donors (Lipinski definition) is 2. The normalized spacial score (nSPS) is 11.4. The third kappa shape index (κ3) is 5.77. The van der Waals surface area contributed by atoms with Crippen molar-refractivity contribution in [3.8, 4) is 11.5 Å². The van der Waals surface area contributed by atoms with E-state index in [9.17, 15) is 27.6 Å². The summed E-state index contributed by atoms with van der Waals surface area (Å²) in [7, 11) is 2.88. The Balaban J connectivity index is 1.57. The Morgan fingerprint density at radius 2 is 1.76 bits per heavy atom. The smallest absolute Gasteiger partial charge is 0.416 e. The second kappa shape index (κ2) is 10.4. The van der Waals surface area contributed by atoms with E-state index in [1.807, 2.05) is 0 Å². The number of methoxy groups -OCH3 is 2. The number of alkyl halides is 3. The van der Waals surface area contributed by atoms with E-state index in [0.717, 1.165) is 16.7 Å². The minimum atomic E-state index is -4.45. The Hall–Kier alpha value is -3.76. The number of carbonyl (C=O) groups excluding carboxylic acids is 1. The molecule has 3 rings (SSSR count). The summed E-state index contributed by atoms with van der Waals surface area (Å²) in [5.41, 5.74) is -1.20. The van der Waals surface area contributed by atoms with Gasteiger partial charge >= 0.3 is 11.9 Å². The van der Waals surface area contributed by atoms with Crippen molar-refractivity contribution in [1.29, 1.82) is 0 Å². The van der Waals surface area contributed by atoms with Gasteiger partial charge in [0.25, 0.3) is 5.56 Å². The van der Waals surface area contributed by atoms with Crippen LogP contribution in [0.4, 0.5) is 13.2 Å². The number of amides is 1. The third-order valence-corrected chi connectivity index (χ3v) is 5.27. The van der Waals surface area contributed by atoms with Gasteiger partial charge in [-0.25, -0.2) is 4.79 Å². The fraction of sp³-hybridized carbons (Fsp3) is 0.348. The van der Waals surface area contributed by atoms with E-state index in [2.05, 4.69) is 10.3 Å². The molecule has 1 heterocycles. The van der Waals surface area contributed by atoms with E-state index >= 15 is 0 Å². The Labute approximate surface area is 192 Å². The van der Waals surface area contributed by atoms with E-state index < -0.39 is 23.0 Å². The number of aromatic nitrogens is 2. The van der Waals surface area contributed by atoms with Crippen LogP contribution in [-0.4, -0.2) is 29.7 Å². The molecule has 0 saturated heterocycles. The molecule has 1 amide bonds. The van der Waals surface area contributed by atoms with E-state index in [1.54, 1.807) is 0 Å². The van der Waals surface area contributed by atoms with Crippen LogP contribution in [0.5, 0.6) is 11.5 Å². The lowest BCUT2D eigenvalue weighted by Crippen LogP contribution is -2.35. The van der Waals surface area contributed by atoms with Crippen LogP contribution in [0.25, 0.3) is 10.9 Å². The zero-order valence-electron chi connectivity index (χ0n) is 18.6. The highest BCUT2D eigenvalue weighted by Crippen LogP contribution is 2.30. The monoisotopic (exact) mass is 479 g/mol. The molecule has 8 nitrogen and oxygen atoms in total. The van der Waals surface area contributed by atoms with Crippen LogP contribution in [-0.2, 0) is 24.1 Å². The van der Waals surface area contributed by atoms with Gasteiger partial charge < -0.3 is 19.8 Å². The summed E-state index contributed by atoms with van der Waals surface area (Å²) in [4.78, 5) is 39.9. The van der Waals surface area contributed by atoms with Gasteiger partial charge in [-0.2, -0.15) is 13.2 Å². The summed E-state index contributed by atoms with van der Waals surface area (Å²) < 4.78 is 49.8. The lowest BCUT2D eigenvalue weighted by molar-refractivity contribution is -0.137. The summed E-state index contributed by atoms with van der Waals surface area (Å²) >= 11 is 0. The van der Waals surface area contributed by atoms with Crippen molar-refractivity contribution >= 4 is 16.8 Å². The number of rotatable bonds is 9. The van der Waals surface area contributed by atoms with Crippen molar-refractivity contribution in [2.75, 3.05) is 14.2 Å². The molecule has 3 aromatic rings. The minimum Gasteiger partial charge on any atom is -0.493 e. The molecule has 0 atom stereocenters. The third-order valence-electron chi connectivity index (χ3n) is 5.27. The first-order chi connectivity index (χ1) is 16.1. The van der Waals surface area contributed by atoms with Gasteiger partial charge in [0, 0.05) is 25.6 Å². The van der Waals surface area contributed by atoms with Gasteiger partial charge in [0.2, 0.25) is 5.91 Å². The summed E-state index contributed by atoms with van der Waals surface area (Å²) in [5, 5.41) is 2.84. The number of carbonyl (C=O) groups is 1. The minimum absolute atomic E-state index is 0.0299. The number of halogens is 3. The van der Waals surface area contributed by atoms with Crippen molar-refractivity contribution in [1.82, 2.24) is 14.9 Å². The van der Waals surface area contributed by atoms with E-state index in [-0.39, 0.29) is 30.8 Å². The SMILES string of the molecule is COc1cc2[nH]c(=O)n(CCCCC(=O)NCc3cccc(C(F)(F)F)c3)c(=O)c2cc1OC. The van der Waals surface area contributed by atoms with Gasteiger partial charge in [0.1, 0.15) is 0 Å². The average molecular weight is 479 g/mol. The van der Waals surface area contributed by atoms with Crippen LogP contribution in [0.3, 0.4) is 0 Å². The highest BCUT2D eigenvalue weighted by atomic mass is 19.4. The van der Waals surface area contributed by atoms with Crippen molar-refractivity contribution < 1.29 is 27.4 Å². The maximum atomic E-state index is 12.8. The van der Waals surface area contributed by atoms with Crippen LogP contribution in [0.2, 0.25) is 0 Å². The van der Waals surface area contributed by atoms with Crippen molar-refractivity contribution in [2.24, 2.45) is 0 Å². The zero-order valence-corrected chi connectivity index (χ0v) is 18.6. The first-order valence-corrected chi connectivity index (χ1v) is 10.5. The standard InChI is InChI=1S/C23H24F3N3O5/c1-33-18-11-16-17(12-19(18)34-2)28-22(32)29(21(16)31)9-4-3-8-20(30)27-13-14-6-5-7-15(10-14)23(24,25)26/h5-7,10-12H,3-4,8-9,13H2,1-2H3,(H,27,30)(H,28,32). The number of fused-ring (bicyclic) bond motifs is 1. The largest absolute Gasteiger partial charge is 0.493 e. The summed E-state index contributed by atoms with van der Waals surface area (Å²) in [6.45, 7) is 0.0667. The van der Waals surface area contributed by atoms with Crippen molar-refractivity contribution in [3.63, 3.8) is 0 Å². The maximum absolute atomic E-state index is 12.8.